The van der Waals surface area contributed by atoms with E-state index < -0.39 is 0 Å². The molecule has 1 aliphatic rings. The molecular weight excluding hydrogens is 260 g/mol. The fourth-order valence-electron chi connectivity index (χ4n) is 1.77. The van der Waals surface area contributed by atoms with Crippen LogP contribution in [-0.2, 0) is 11.3 Å². The number of rotatable bonds is 6. The molecule has 0 atom stereocenters. The maximum absolute atomic E-state index is 11.6. The first-order valence-electron chi connectivity index (χ1n) is 6.62. The van der Waals surface area contributed by atoms with E-state index in [4.69, 9.17) is 19.9 Å². The lowest BCUT2D eigenvalue weighted by molar-refractivity contribution is -0.123. The first-order chi connectivity index (χ1) is 9.60. The number of ether oxygens (including phenoxy) is 3. The number of hydrogen-bond acceptors (Lipinski definition) is 5. The van der Waals surface area contributed by atoms with Gasteiger partial charge in [-0.2, -0.15) is 0 Å². The Labute approximate surface area is 118 Å². The second-order valence-electron chi connectivity index (χ2n) is 5.00. The van der Waals surface area contributed by atoms with Crippen LogP contribution in [0.2, 0.25) is 0 Å². The molecule has 1 aliphatic heterocycles. The van der Waals surface area contributed by atoms with Crippen molar-refractivity contribution in [3.8, 4) is 17.2 Å². The minimum atomic E-state index is -0.153. The highest BCUT2D eigenvalue weighted by atomic mass is 16.7. The molecule has 0 radical (unpaired) electrons. The fourth-order valence-corrected chi connectivity index (χ4v) is 1.77. The van der Waals surface area contributed by atoms with Gasteiger partial charge in [0.1, 0.15) is 5.75 Å². The van der Waals surface area contributed by atoms with E-state index in [1.54, 1.807) is 12.1 Å². The molecule has 0 saturated carbocycles. The summed E-state index contributed by atoms with van der Waals surface area (Å²) in [6, 6.07) is 3.49. The molecule has 6 nitrogen and oxygen atoms in total. The molecule has 0 aromatic heterocycles. The molecule has 2 rings (SSSR count). The van der Waals surface area contributed by atoms with Crippen LogP contribution in [0.5, 0.6) is 17.2 Å². The molecular formula is C14H20N2O4. The Bertz CT molecular complexity index is 488. The van der Waals surface area contributed by atoms with E-state index in [1.807, 2.05) is 13.8 Å². The van der Waals surface area contributed by atoms with Gasteiger partial charge in [-0.3, -0.25) is 4.79 Å². The van der Waals surface area contributed by atoms with Crippen molar-refractivity contribution in [2.24, 2.45) is 11.7 Å². The summed E-state index contributed by atoms with van der Waals surface area (Å²) in [6.45, 7) is 5.15. The van der Waals surface area contributed by atoms with Gasteiger partial charge >= 0.3 is 0 Å². The summed E-state index contributed by atoms with van der Waals surface area (Å²) < 4.78 is 16.1. The van der Waals surface area contributed by atoms with Gasteiger partial charge in [-0.05, 0) is 12.0 Å². The van der Waals surface area contributed by atoms with Crippen molar-refractivity contribution in [1.82, 2.24) is 5.32 Å². The Balaban J connectivity index is 1.97. The molecule has 1 amide bonds. The van der Waals surface area contributed by atoms with Gasteiger partial charge in [0.2, 0.25) is 6.79 Å². The average Bonchev–Trinajstić information content (AvgIpc) is 2.88. The van der Waals surface area contributed by atoms with E-state index >= 15 is 0 Å². The summed E-state index contributed by atoms with van der Waals surface area (Å²) >= 11 is 0. The predicted octanol–water partition coefficient (Wildman–Crippen LogP) is 1.03. The fraction of sp³-hybridized carbons (Fsp3) is 0.500. The maximum atomic E-state index is 11.6. The summed E-state index contributed by atoms with van der Waals surface area (Å²) in [6.07, 6.45) is 0. The number of fused-ring (bicyclic) bond motifs is 1. The van der Waals surface area contributed by atoms with Gasteiger partial charge in [0.05, 0.1) is 0 Å². The first-order valence-corrected chi connectivity index (χ1v) is 6.62. The molecule has 0 fully saturated rings. The molecule has 1 aromatic carbocycles. The van der Waals surface area contributed by atoms with Gasteiger partial charge in [-0.15, -0.1) is 0 Å². The highest BCUT2D eigenvalue weighted by molar-refractivity contribution is 5.77. The standard InChI is InChI=1S/C14H20N2O4/c1-9(2)6-16-14(17)7-18-11-4-13-12(19-8-20-13)3-10(11)5-15/h3-4,9H,5-8,15H2,1-2H3,(H,16,17). The molecule has 0 unspecified atom stereocenters. The van der Waals surface area contributed by atoms with Crippen molar-refractivity contribution in [1.29, 1.82) is 0 Å². The third-order valence-corrected chi connectivity index (χ3v) is 2.84. The average molecular weight is 280 g/mol. The van der Waals surface area contributed by atoms with E-state index in [2.05, 4.69) is 5.32 Å². The van der Waals surface area contributed by atoms with Gasteiger partial charge in [0.15, 0.2) is 18.1 Å². The van der Waals surface area contributed by atoms with Crippen LogP contribution in [0.4, 0.5) is 0 Å². The van der Waals surface area contributed by atoms with Crippen molar-refractivity contribution in [2.45, 2.75) is 20.4 Å². The smallest absolute Gasteiger partial charge is 0.257 e. The van der Waals surface area contributed by atoms with Crippen molar-refractivity contribution >= 4 is 5.91 Å². The van der Waals surface area contributed by atoms with Gasteiger partial charge in [-0.1, -0.05) is 13.8 Å². The van der Waals surface area contributed by atoms with Crippen molar-refractivity contribution in [3.63, 3.8) is 0 Å². The Kier molecular flexibility index (Phi) is 4.68. The minimum absolute atomic E-state index is 0.0423. The van der Waals surface area contributed by atoms with Crippen LogP contribution in [0, 0.1) is 5.92 Å². The topological polar surface area (TPSA) is 82.8 Å². The molecule has 0 spiro atoms. The van der Waals surface area contributed by atoms with Crippen LogP contribution in [0.25, 0.3) is 0 Å². The van der Waals surface area contributed by atoms with E-state index in [1.165, 1.54) is 0 Å². The maximum Gasteiger partial charge on any atom is 0.257 e. The van der Waals surface area contributed by atoms with Gasteiger partial charge in [0.25, 0.3) is 5.91 Å². The van der Waals surface area contributed by atoms with Crippen LogP contribution in [0.15, 0.2) is 12.1 Å². The predicted molar refractivity (Wildman–Crippen MR) is 73.8 cm³/mol. The lowest BCUT2D eigenvalue weighted by atomic mass is 10.2. The van der Waals surface area contributed by atoms with Gasteiger partial charge in [-0.25, -0.2) is 0 Å². The highest BCUT2D eigenvalue weighted by Gasteiger charge is 2.18. The number of nitrogens with one attached hydrogen (secondary N) is 1. The Morgan fingerprint density at radius 2 is 2.10 bits per heavy atom. The summed E-state index contributed by atoms with van der Waals surface area (Å²) in [7, 11) is 0. The van der Waals surface area contributed by atoms with Crippen LogP contribution in [0.3, 0.4) is 0 Å². The van der Waals surface area contributed by atoms with Crippen LogP contribution >= 0.6 is 0 Å². The second-order valence-corrected chi connectivity index (χ2v) is 5.00. The van der Waals surface area contributed by atoms with E-state index in [0.717, 1.165) is 5.56 Å². The molecule has 1 heterocycles. The molecule has 3 N–H and O–H groups in total. The van der Waals surface area contributed by atoms with E-state index in [-0.39, 0.29) is 19.3 Å². The number of benzene rings is 1. The number of carbonyl (C=O) groups is 1. The quantitative estimate of drug-likeness (QED) is 0.813. The highest BCUT2D eigenvalue weighted by Crippen LogP contribution is 2.37. The monoisotopic (exact) mass is 280 g/mol. The minimum Gasteiger partial charge on any atom is -0.483 e. The largest absolute Gasteiger partial charge is 0.483 e. The van der Waals surface area contributed by atoms with Crippen LogP contribution in [-0.4, -0.2) is 25.9 Å². The molecule has 0 bridgehead atoms. The van der Waals surface area contributed by atoms with Crippen molar-refractivity contribution in [2.75, 3.05) is 19.9 Å². The van der Waals surface area contributed by atoms with Crippen LogP contribution < -0.4 is 25.3 Å². The molecule has 20 heavy (non-hydrogen) atoms. The summed E-state index contributed by atoms with van der Waals surface area (Å²) in [5.74, 6) is 2.07. The molecule has 0 aliphatic carbocycles. The normalized spacial score (nSPS) is 12.6. The van der Waals surface area contributed by atoms with E-state index in [9.17, 15) is 4.79 Å². The number of hydrogen-bond donors (Lipinski definition) is 2. The van der Waals surface area contributed by atoms with Gasteiger partial charge in [0, 0.05) is 24.7 Å². The lowest BCUT2D eigenvalue weighted by Crippen LogP contribution is -2.31. The summed E-state index contributed by atoms with van der Waals surface area (Å²) in [5, 5.41) is 2.79. The summed E-state index contributed by atoms with van der Waals surface area (Å²) in [5.41, 5.74) is 6.46. The van der Waals surface area contributed by atoms with Crippen molar-refractivity contribution < 1.29 is 19.0 Å². The lowest BCUT2D eigenvalue weighted by Gasteiger charge is -2.12. The first kappa shape index (κ1) is 14.5. The van der Waals surface area contributed by atoms with Crippen LogP contribution in [0.1, 0.15) is 19.4 Å². The molecule has 1 aromatic rings. The Hall–Kier alpha value is -1.95. The molecule has 6 heteroatoms. The third kappa shape index (κ3) is 3.54. The Morgan fingerprint density at radius 3 is 2.75 bits per heavy atom. The van der Waals surface area contributed by atoms with E-state index in [0.29, 0.717) is 36.3 Å². The zero-order valence-corrected chi connectivity index (χ0v) is 11.8. The SMILES string of the molecule is CC(C)CNC(=O)COc1cc2c(cc1CN)OCO2. The third-order valence-electron chi connectivity index (χ3n) is 2.84. The second kappa shape index (κ2) is 6.47. The Morgan fingerprint density at radius 1 is 1.40 bits per heavy atom. The summed E-state index contributed by atoms with van der Waals surface area (Å²) in [4.78, 5) is 11.6. The molecule has 110 valence electrons. The zero-order chi connectivity index (χ0) is 14.5. The number of amides is 1. The molecule has 0 saturated heterocycles. The van der Waals surface area contributed by atoms with Gasteiger partial charge < -0.3 is 25.3 Å². The number of nitrogens with two attached hydrogens (primary N) is 1. The van der Waals surface area contributed by atoms with Crippen molar-refractivity contribution in [3.05, 3.63) is 17.7 Å². The number of carbonyl (C=O) groups excluding carboxylic acids is 1. The zero-order valence-electron chi connectivity index (χ0n) is 11.8.